The number of benzene rings is 1. The van der Waals surface area contributed by atoms with Crippen LogP contribution in [0.2, 0.25) is 5.02 Å². The summed E-state index contributed by atoms with van der Waals surface area (Å²) in [5, 5.41) is 7.71. The van der Waals surface area contributed by atoms with Gasteiger partial charge in [-0.15, -0.1) is 0 Å². The Kier molecular flexibility index (Phi) is 4.73. The van der Waals surface area contributed by atoms with Gasteiger partial charge >= 0.3 is 0 Å². The summed E-state index contributed by atoms with van der Waals surface area (Å²) < 4.78 is 11.2. The molecule has 7 heteroatoms. The fraction of sp³-hybridized carbons (Fsp3) is 0.474. The molecular formula is C19H22ClN3O3. The van der Waals surface area contributed by atoms with Crippen LogP contribution in [-0.4, -0.2) is 47.7 Å². The molecule has 1 amide bonds. The highest BCUT2D eigenvalue weighted by Gasteiger charge is 2.38. The number of aromatic nitrogens is 1. The van der Waals surface area contributed by atoms with Crippen LogP contribution in [0.5, 0.6) is 0 Å². The van der Waals surface area contributed by atoms with Crippen LogP contribution in [0.15, 0.2) is 28.8 Å². The monoisotopic (exact) mass is 375 g/mol. The first-order chi connectivity index (χ1) is 12.5. The van der Waals surface area contributed by atoms with Crippen molar-refractivity contribution in [3.63, 3.8) is 0 Å². The molecule has 6 nitrogen and oxygen atoms in total. The largest absolute Gasteiger partial charge is 0.371 e. The van der Waals surface area contributed by atoms with E-state index < -0.39 is 0 Å². The lowest BCUT2D eigenvalue weighted by Crippen LogP contribution is -2.43. The Hall–Kier alpha value is -1.89. The Morgan fingerprint density at radius 1 is 1.27 bits per heavy atom. The molecule has 2 aliphatic heterocycles. The summed E-state index contributed by atoms with van der Waals surface area (Å²) in [5.74, 6) is 0.447. The van der Waals surface area contributed by atoms with Crippen molar-refractivity contribution >= 4 is 17.5 Å². The van der Waals surface area contributed by atoms with E-state index in [9.17, 15) is 4.79 Å². The van der Waals surface area contributed by atoms with Gasteiger partial charge in [0.15, 0.2) is 0 Å². The number of rotatable bonds is 3. The highest BCUT2D eigenvalue weighted by molar-refractivity contribution is 6.30. The zero-order valence-electron chi connectivity index (χ0n) is 14.9. The number of morpholine rings is 1. The molecule has 1 aromatic heterocycles. The molecule has 138 valence electrons. The van der Waals surface area contributed by atoms with Crippen LogP contribution >= 0.6 is 11.6 Å². The van der Waals surface area contributed by atoms with Crippen molar-refractivity contribution < 1.29 is 14.1 Å². The van der Waals surface area contributed by atoms with E-state index in [-0.39, 0.29) is 18.1 Å². The van der Waals surface area contributed by atoms with Crippen molar-refractivity contribution in [3.05, 3.63) is 51.9 Å². The van der Waals surface area contributed by atoms with Gasteiger partial charge in [0.25, 0.3) is 5.91 Å². The molecule has 1 aromatic carbocycles. The van der Waals surface area contributed by atoms with Crippen molar-refractivity contribution in [2.75, 3.05) is 19.7 Å². The van der Waals surface area contributed by atoms with Crippen LogP contribution in [0.25, 0.3) is 0 Å². The smallest absolute Gasteiger partial charge is 0.257 e. The van der Waals surface area contributed by atoms with Crippen molar-refractivity contribution in [1.82, 2.24) is 15.4 Å². The van der Waals surface area contributed by atoms with Crippen LogP contribution in [0.1, 0.15) is 39.9 Å². The van der Waals surface area contributed by atoms with Gasteiger partial charge in [0.2, 0.25) is 0 Å². The van der Waals surface area contributed by atoms with Crippen molar-refractivity contribution in [2.45, 2.75) is 38.5 Å². The van der Waals surface area contributed by atoms with Crippen LogP contribution < -0.4 is 5.32 Å². The van der Waals surface area contributed by atoms with Crippen LogP contribution in [0.4, 0.5) is 0 Å². The SMILES string of the molecule is Cc1noc(C)c1C(=O)N[C@@H]1C[C@H]2CO[C@@H](c3ccc(Cl)cc3)CN2C1. The molecule has 0 spiro atoms. The quantitative estimate of drug-likeness (QED) is 0.893. The van der Waals surface area contributed by atoms with Gasteiger partial charge < -0.3 is 14.6 Å². The number of nitrogens with zero attached hydrogens (tertiary/aromatic N) is 2. The standard InChI is InChI=1S/C19H22ClN3O3/c1-11-18(12(2)26-22-11)19(24)21-15-7-16-10-25-17(9-23(16)8-15)13-3-5-14(20)6-4-13/h3-6,15-17H,7-10H2,1-2H3,(H,21,24)/t15-,16+,17-/m1/s1. The number of nitrogens with one attached hydrogen (secondary N) is 1. The number of ether oxygens (including phenoxy) is 1. The first kappa shape index (κ1) is 17.5. The van der Waals surface area contributed by atoms with Gasteiger partial charge in [0, 0.05) is 30.2 Å². The number of carbonyl (C=O) groups is 1. The van der Waals surface area contributed by atoms with Gasteiger partial charge in [-0.3, -0.25) is 9.69 Å². The number of hydrogen-bond acceptors (Lipinski definition) is 5. The molecule has 1 N–H and O–H groups in total. The van der Waals surface area contributed by atoms with E-state index in [0.717, 1.165) is 30.1 Å². The first-order valence-corrected chi connectivity index (χ1v) is 9.24. The molecular weight excluding hydrogens is 354 g/mol. The van der Waals surface area contributed by atoms with E-state index in [1.165, 1.54) is 0 Å². The Balaban J connectivity index is 1.39. The van der Waals surface area contributed by atoms with E-state index in [4.69, 9.17) is 20.9 Å². The lowest BCUT2D eigenvalue weighted by atomic mass is 10.1. The average Bonchev–Trinajstić information content (AvgIpc) is 3.17. The molecule has 3 atom stereocenters. The minimum atomic E-state index is -0.110. The third-order valence-electron chi connectivity index (χ3n) is 5.26. The Labute approximate surface area is 157 Å². The summed E-state index contributed by atoms with van der Waals surface area (Å²) in [7, 11) is 0. The molecule has 26 heavy (non-hydrogen) atoms. The number of aryl methyl sites for hydroxylation is 2. The van der Waals surface area contributed by atoms with Crippen molar-refractivity contribution in [3.8, 4) is 0 Å². The second-order valence-electron chi connectivity index (χ2n) is 7.09. The molecule has 0 aliphatic carbocycles. The minimum Gasteiger partial charge on any atom is -0.371 e. The molecule has 2 aromatic rings. The van der Waals surface area contributed by atoms with Crippen molar-refractivity contribution in [2.24, 2.45) is 0 Å². The maximum atomic E-state index is 12.6. The number of hydrogen-bond donors (Lipinski definition) is 1. The van der Waals surface area contributed by atoms with Gasteiger partial charge in [0.1, 0.15) is 11.3 Å². The fourth-order valence-electron chi connectivity index (χ4n) is 3.92. The lowest BCUT2D eigenvalue weighted by molar-refractivity contribution is -0.0502. The summed E-state index contributed by atoms with van der Waals surface area (Å²) in [6.45, 7) is 5.87. The Bertz CT molecular complexity index is 785. The fourth-order valence-corrected chi connectivity index (χ4v) is 4.05. The molecule has 3 heterocycles. The van der Waals surface area contributed by atoms with Crippen LogP contribution in [-0.2, 0) is 4.74 Å². The van der Waals surface area contributed by atoms with Crippen LogP contribution in [0, 0.1) is 13.8 Å². The highest BCUT2D eigenvalue weighted by Crippen LogP contribution is 2.31. The third kappa shape index (κ3) is 3.37. The summed E-state index contributed by atoms with van der Waals surface area (Å²) in [6.07, 6.45) is 0.933. The topological polar surface area (TPSA) is 67.6 Å². The molecule has 2 aliphatic rings. The maximum Gasteiger partial charge on any atom is 0.257 e. The second-order valence-corrected chi connectivity index (χ2v) is 7.52. The Morgan fingerprint density at radius 2 is 2.04 bits per heavy atom. The van der Waals surface area contributed by atoms with Gasteiger partial charge in [-0.25, -0.2) is 0 Å². The molecule has 0 radical (unpaired) electrons. The predicted molar refractivity (Wildman–Crippen MR) is 97.4 cm³/mol. The van der Waals surface area contributed by atoms with E-state index in [2.05, 4.69) is 15.4 Å². The van der Waals surface area contributed by atoms with E-state index in [0.29, 0.717) is 29.7 Å². The normalized spacial score (nSPS) is 25.9. The lowest BCUT2D eigenvalue weighted by Gasteiger charge is -2.35. The first-order valence-electron chi connectivity index (χ1n) is 8.86. The Morgan fingerprint density at radius 3 is 2.73 bits per heavy atom. The van der Waals surface area contributed by atoms with Crippen molar-refractivity contribution in [1.29, 1.82) is 0 Å². The molecule has 0 unspecified atom stereocenters. The summed E-state index contributed by atoms with van der Waals surface area (Å²) in [6, 6.07) is 8.26. The molecule has 0 bridgehead atoms. The number of halogens is 1. The van der Waals surface area contributed by atoms with Gasteiger partial charge in [-0.1, -0.05) is 28.9 Å². The zero-order chi connectivity index (χ0) is 18.3. The average molecular weight is 376 g/mol. The summed E-state index contributed by atoms with van der Waals surface area (Å²) in [5.41, 5.74) is 2.31. The van der Waals surface area contributed by atoms with Gasteiger partial charge in [0.05, 0.1) is 18.4 Å². The molecule has 0 saturated carbocycles. The number of amides is 1. The zero-order valence-corrected chi connectivity index (χ0v) is 15.6. The van der Waals surface area contributed by atoms with Gasteiger partial charge in [-0.2, -0.15) is 0 Å². The minimum absolute atomic E-state index is 0.0422. The van der Waals surface area contributed by atoms with Gasteiger partial charge in [-0.05, 0) is 38.0 Å². The second kappa shape index (κ2) is 7.02. The summed E-state index contributed by atoms with van der Waals surface area (Å²) in [4.78, 5) is 15.0. The number of fused-ring (bicyclic) bond motifs is 1. The molecule has 2 fully saturated rings. The predicted octanol–water partition coefficient (Wildman–Crippen LogP) is 2.89. The van der Waals surface area contributed by atoms with Crippen LogP contribution in [0.3, 0.4) is 0 Å². The molecule has 4 rings (SSSR count). The van der Waals surface area contributed by atoms with E-state index in [1.54, 1.807) is 13.8 Å². The van der Waals surface area contributed by atoms with E-state index in [1.807, 2.05) is 24.3 Å². The highest BCUT2D eigenvalue weighted by atomic mass is 35.5. The third-order valence-corrected chi connectivity index (χ3v) is 5.51. The summed E-state index contributed by atoms with van der Waals surface area (Å²) >= 11 is 5.97. The number of carbonyl (C=O) groups excluding carboxylic acids is 1. The van der Waals surface area contributed by atoms with E-state index >= 15 is 0 Å². The maximum absolute atomic E-state index is 12.6. The molecule has 2 saturated heterocycles.